The van der Waals surface area contributed by atoms with E-state index in [2.05, 4.69) is 39.7 Å². The van der Waals surface area contributed by atoms with Crippen LogP contribution in [0.3, 0.4) is 0 Å². The van der Waals surface area contributed by atoms with E-state index in [9.17, 15) is 9.59 Å². The average molecular weight is 378 g/mol. The molecule has 3 N–H and O–H groups in total. The third kappa shape index (κ3) is 4.71. The minimum atomic E-state index is -0.268. The van der Waals surface area contributed by atoms with Gasteiger partial charge in [0.15, 0.2) is 0 Å². The number of hydrogen-bond acceptors (Lipinski definition) is 2. The number of nitrogens with one attached hydrogen (secondary N) is 3. The second-order valence-electron chi connectivity index (χ2n) is 7.07. The van der Waals surface area contributed by atoms with Crippen molar-refractivity contribution in [2.45, 2.75) is 39.8 Å². The van der Waals surface area contributed by atoms with Gasteiger partial charge in [0.2, 0.25) is 0 Å². The minimum absolute atomic E-state index is 0.0567. The Hall–Kier alpha value is -3.28. The number of carbonyl (C=O) groups is 2. The second-order valence-corrected chi connectivity index (χ2v) is 7.07. The summed E-state index contributed by atoms with van der Waals surface area (Å²) in [6, 6.07) is 14.6. The van der Waals surface area contributed by atoms with E-state index in [0.29, 0.717) is 11.3 Å². The molecule has 0 aliphatic rings. The lowest BCUT2D eigenvalue weighted by Crippen LogP contribution is -2.34. The molecule has 0 aliphatic heterocycles. The van der Waals surface area contributed by atoms with Gasteiger partial charge in [0, 0.05) is 46.6 Å². The van der Waals surface area contributed by atoms with Gasteiger partial charge in [0.05, 0.1) is 0 Å². The highest BCUT2D eigenvalue weighted by molar-refractivity contribution is 6.05. The quantitative estimate of drug-likeness (QED) is 0.574. The highest BCUT2D eigenvalue weighted by Gasteiger charge is 2.09. The number of hydrogen-bond donors (Lipinski definition) is 3. The van der Waals surface area contributed by atoms with Crippen LogP contribution >= 0.6 is 0 Å². The van der Waals surface area contributed by atoms with E-state index < -0.39 is 0 Å². The maximum atomic E-state index is 12.5. The number of rotatable bonds is 6. The number of nitrogens with zero attached hydrogens (tertiary/aromatic N) is 1. The van der Waals surface area contributed by atoms with E-state index in [1.165, 1.54) is 0 Å². The molecule has 0 saturated heterocycles. The van der Waals surface area contributed by atoms with Crippen LogP contribution in [0.4, 0.5) is 16.2 Å². The third-order valence-corrected chi connectivity index (χ3v) is 4.32. The largest absolute Gasteiger partial charge is 0.347 e. The zero-order chi connectivity index (χ0) is 20.1. The molecule has 3 aromatic rings. The summed E-state index contributed by atoms with van der Waals surface area (Å²) in [6.45, 7) is 6.91. The zero-order valence-electron chi connectivity index (χ0n) is 16.5. The molecule has 0 atom stereocenters. The summed E-state index contributed by atoms with van der Waals surface area (Å²) in [7, 11) is 0. The molecular formula is C22H26N4O2. The van der Waals surface area contributed by atoms with E-state index in [-0.39, 0.29) is 18.0 Å². The number of anilines is 2. The van der Waals surface area contributed by atoms with Crippen molar-refractivity contribution in [1.29, 1.82) is 0 Å². The van der Waals surface area contributed by atoms with Crippen LogP contribution in [0, 0.1) is 0 Å². The van der Waals surface area contributed by atoms with E-state index in [0.717, 1.165) is 29.6 Å². The van der Waals surface area contributed by atoms with Gasteiger partial charge in [0.1, 0.15) is 0 Å². The van der Waals surface area contributed by atoms with Crippen LogP contribution in [-0.4, -0.2) is 22.5 Å². The first-order valence-corrected chi connectivity index (χ1v) is 9.54. The van der Waals surface area contributed by atoms with E-state index >= 15 is 0 Å². The molecule has 3 rings (SSSR count). The van der Waals surface area contributed by atoms with Gasteiger partial charge < -0.3 is 20.5 Å². The smallest absolute Gasteiger partial charge is 0.319 e. The molecule has 0 radical (unpaired) electrons. The van der Waals surface area contributed by atoms with Crippen LogP contribution in [0.2, 0.25) is 0 Å². The summed E-state index contributed by atoms with van der Waals surface area (Å²) in [5.74, 6) is -0.189. The maximum Gasteiger partial charge on any atom is 0.319 e. The molecular weight excluding hydrogens is 352 g/mol. The fraction of sp³-hybridized carbons (Fsp3) is 0.273. The highest BCUT2D eigenvalue weighted by atomic mass is 16.2. The number of benzene rings is 2. The van der Waals surface area contributed by atoms with Gasteiger partial charge in [-0.15, -0.1) is 0 Å². The van der Waals surface area contributed by atoms with Gasteiger partial charge in [-0.05, 0) is 68.8 Å². The Morgan fingerprint density at radius 1 is 0.964 bits per heavy atom. The molecule has 6 nitrogen and oxygen atoms in total. The van der Waals surface area contributed by atoms with Gasteiger partial charge in [-0.25, -0.2) is 4.79 Å². The number of aromatic nitrogens is 1. The summed E-state index contributed by atoms with van der Waals surface area (Å²) >= 11 is 0. The van der Waals surface area contributed by atoms with E-state index in [4.69, 9.17) is 0 Å². The minimum Gasteiger partial charge on any atom is -0.347 e. The number of aryl methyl sites for hydroxylation is 1. The molecule has 0 spiro atoms. The van der Waals surface area contributed by atoms with Gasteiger partial charge in [-0.3, -0.25) is 4.79 Å². The topological polar surface area (TPSA) is 75.2 Å². The summed E-state index contributed by atoms with van der Waals surface area (Å²) in [5.41, 5.74) is 3.08. The van der Waals surface area contributed by atoms with Crippen LogP contribution in [0.15, 0.2) is 54.7 Å². The van der Waals surface area contributed by atoms with Gasteiger partial charge >= 0.3 is 6.03 Å². The van der Waals surface area contributed by atoms with E-state index in [1.807, 2.05) is 32.0 Å². The lowest BCUT2D eigenvalue weighted by molar-refractivity contribution is 0.102. The summed E-state index contributed by atoms with van der Waals surface area (Å²) < 4.78 is 2.21. The Kier molecular flexibility index (Phi) is 5.99. The lowest BCUT2D eigenvalue weighted by Gasteiger charge is -2.11. The molecule has 1 aromatic heterocycles. The highest BCUT2D eigenvalue weighted by Crippen LogP contribution is 2.21. The molecule has 0 bridgehead atoms. The summed E-state index contributed by atoms with van der Waals surface area (Å²) in [5, 5.41) is 9.52. The average Bonchev–Trinajstić information content (AvgIpc) is 3.04. The normalized spacial score (nSPS) is 10.9. The molecule has 3 amide bonds. The lowest BCUT2D eigenvalue weighted by atomic mass is 10.1. The molecule has 2 aromatic carbocycles. The zero-order valence-corrected chi connectivity index (χ0v) is 16.5. The fourth-order valence-corrected chi connectivity index (χ4v) is 3.05. The molecule has 6 heteroatoms. The van der Waals surface area contributed by atoms with Gasteiger partial charge in [-0.2, -0.15) is 0 Å². The van der Waals surface area contributed by atoms with Crippen molar-refractivity contribution in [3.63, 3.8) is 0 Å². The summed E-state index contributed by atoms with van der Waals surface area (Å²) in [6.07, 6.45) is 3.15. The van der Waals surface area contributed by atoms with Gasteiger partial charge in [0.25, 0.3) is 5.91 Å². The number of carbonyl (C=O) groups excluding carboxylic acids is 2. The van der Waals surface area contributed by atoms with E-state index in [1.54, 1.807) is 24.3 Å². The first-order chi connectivity index (χ1) is 13.5. The maximum absolute atomic E-state index is 12.5. The van der Waals surface area contributed by atoms with Crippen molar-refractivity contribution >= 4 is 34.2 Å². The Balaban J connectivity index is 1.66. The number of urea groups is 1. The monoisotopic (exact) mass is 378 g/mol. The number of fused-ring (bicyclic) bond motifs is 1. The Bertz CT molecular complexity index is 974. The Morgan fingerprint density at radius 2 is 1.68 bits per heavy atom. The van der Waals surface area contributed by atoms with Gasteiger partial charge in [-0.1, -0.05) is 6.92 Å². The molecule has 1 heterocycles. The SMILES string of the molecule is CCCn1ccc2cc(NC(=O)c3ccc(NC(=O)NC(C)C)cc3)ccc21. The first-order valence-electron chi connectivity index (χ1n) is 9.54. The van der Waals surface area contributed by atoms with Crippen LogP contribution < -0.4 is 16.0 Å². The van der Waals surface area contributed by atoms with Crippen LogP contribution in [0.1, 0.15) is 37.6 Å². The molecule has 0 aliphatic carbocycles. The van der Waals surface area contributed by atoms with Crippen LogP contribution in [0.25, 0.3) is 10.9 Å². The molecule has 0 saturated carbocycles. The van der Waals surface area contributed by atoms with Crippen LogP contribution in [0.5, 0.6) is 0 Å². The Morgan fingerprint density at radius 3 is 2.36 bits per heavy atom. The molecule has 0 fully saturated rings. The Labute approximate surface area is 164 Å². The fourth-order valence-electron chi connectivity index (χ4n) is 3.05. The number of amides is 3. The third-order valence-electron chi connectivity index (χ3n) is 4.32. The van der Waals surface area contributed by atoms with Crippen molar-refractivity contribution in [2.75, 3.05) is 10.6 Å². The predicted molar refractivity (Wildman–Crippen MR) is 114 cm³/mol. The molecule has 28 heavy (non-hydrogen) atoms. The van der Waals surface area contributed by atoms with Crippen molar-refractivity contribution in [2.24, 2.45) is 0 Å². The van der Waals surface area contributed by atoms with Crippen molar-refractivity contribution in [1.82, 2.24) is 9.88 Å². The molecule has 146 valence electrons. The summed E-state index contributed by atoms with van der Waals surface area (Å²) in [4.78, 5) is 24.3. The second kappa shape index (κ2) is 8.61. The van der Waals surface area contributed by atoms with Crippen molar-refractivity contribution < 1.29 is 9.59 Å². The van der Waals surface area contributed by atoms with Crippen molar-refractivity contribution in [3.8, 4) is 0 Å². The van der Waals surface area contributed by atoms with Crippen molar-refractivity contribution in [3.05, 3.63) is 60.3 Å². The first kappa shape index (κ1) is 19.5. The molecule has 0 unspecified atom stereocenters. The standard InChI is InChI=1S/C22H26N4O2/c1-4-12-26-13-11-17-14-19(9-10-20(17)26)24-21(27)16-5-7-18(8-6-16)25-22(28)23-15(2)3/h5-11,13-15H,4,12H2,1-3H3,(H,24,27)(H2,23,25,28). The van der Waals surface area contributed by atoms with Crippen LogP contribution in [-0.2, 0) is 6.54 Å². The predicted octanol–water partition coefficient (Wildman–Crippen LogP) is 4.83.